The van der Waals surface area contributed by atoms with Crippen LogP contribution in [0.2, 0.25) is 0 Å². The lowest BCUT2D eigenvalue weighted by atomic mass is 10.00. The summed E-state index contributed by atoms with van der Waals surface area (Å²) in [6, 6.07) is 53.6. The fourth-order valence-electron chi connectivity index (χ4n) is 7.76. The van der Waals surface area contributed by atoms with Crippen LogP contribution < -0.4 is 0 Å². The van der Waals surface area contributed by atoms with Crippen molar-refractivity contribution in [2.24, 2.45) is 0 Å². The molecule has 0 spiro atoms. The van der Waals surface area contributed by atoms with Crippen molar-refractivity contribution < 1.29 is 4.42 Å². The summed E-state index contributed by atoms with van der Waals surface area (Å²) < 4.78 is 8.73. The Balaban J connectivity index is 1.21. The Bertz CT molecular complexity index is 3040. The van der Waals surface area contributed by atoms with Crippen LogP contribution in [0.5, 0.6) is 0 Å². The molecule has 3 aromatic heterocycles. The van der Waals surface area contributed by atoms with E-state index in [2.05, 4.69) is 150 Å². The monoisotopic (exact) mass is 611 g/mol. The molecule has 0 saturated heterocycles. The molecule has 0 fully saturated rings. The van der Waals surface area contributed by atoms with Crippen LogP contribution in [0.3, 0.4) is 0 Å². The van der Waals surface area contributed by atoms with Gasteiger partial charge in [0, 0.05) is 32.5 Å². The summed E-state index contributed by atoms with van der Waals surface area (Å²) in [6.07, 6.45) is 0. The Morgan fingerprint density at radius 3 is 1.71 bits per heavy atom. The van der Waals surface area contributed by atoms with E-state index in [0.717, 1.165) is 55.1 Å². The molecule has 0 radical (unpaired) electrons. The van der Waals surface area contributed by atoms with Gasteiger partial charge in [-0.2, -0.15) is 0 Å². The first-order chi connectivity index (χ1) is 23.8. The van der Waals surface area contributed by atoms with Gasteiger partial charge in [0.2, 0.25) is 5.95 Å². The SMILES string of the molecule is c1ccc2cc3c(cc2c1)oc1cc(-c2nc(-n4c5ccc6ccccc6c5c5c6ccccc6ccc54)nc4ccccc24)ccc13. The molecular formula is C44H25N3O. The maximum Gasteiger partial charge on any atom is 0.235 e. The fourth-order valence-corrected chi connectivity index (χ4v) is 7.76. The second-order valence-corrected chi connectivity index (χ2v) is 12.6. The van der Waals surface area contributed by atoms with E-state index in [4.69, 9.17) is 14.4 Å². The lowest BCUT2D eigenvalue weighted by molar-refractivity contribution is 0.669. The van der Waals surface area contributed by atoms with E-state index < -0.39 is 0 Å². The lowest BCUT2D eigenvalue weighted by Crippen LogP contribution is -2.03. The molecule has 0 unspecified atom stereocenters. The van der Waals surface area contributed by atoms with Crippen LogP contribution in [-0.2, 0) is 0 Å². The molecule has 8 aromatic carbocycles. The molecule has 4 heteroatoms. The van der Waals surface area contributed by atoms with Crippen LogP contribution in [0.1, 0.15) is 0 Å². The van der Waals surface area contributed by atoms with E-state index in [9.17, 15) is 0 Å². The summed E-state index contributed by atoms with van der Waals surface area (Å²) in [7, 11) is 0. The number of aromatic nitrogens is 3. The molecule has 48 heavy (non-hydrogen) atoms. The largest absolute Gasteiger partial charge is 0.456 e. The van der Waals surface area contributed by atoms with Crippen LogP contribution >= 0.6 is 0 Å². The maximum atomic E-state index is 6.49. The molecule has 222 valence electrons. The normalized spacial score (nSPS) is 12.2. The average Bonchev–Trinajstić information content (AvgIpc) is 3.68. The molecule has 0 saturated carbocycles. The highest BCUT2D eigenvalue weighted by Gasteiger charge is 2.21. The molecule has 0 aliphatic carbocycles. The fraction of sp³-hybridized carbons (Fsp3) is 0. The molecule has 0 amide bonds. The number of nitrogens with zero attached hydrogens (tertiary/aromatic N) is 3. The van der Waals surface area contributed by atoms with Gasteiger partial charge < -0.3 is 4.42 Å². The summed E-state index contributed by atoms with van der Waals surface area (Å²) in [6.45, 7) is 0. The molecule has 3 heterocycles. The Kier molecular flexibility index (Phi) is 5.08. The van der Waals surface area contributed by atoms with Gasteiger partial charge in [-0.05, 0) is 74.8 Å². The van der Waals surface area contributed by atoms with Crippen molar-refractivity contribution in [2.75, 3.05) is 0 Å². The van der Waals surface area contributed by atoms with Crippen molar-refractivity contribution in [3.63, 3.8) is 0 Å². The third-order valence-electron chi connectivity index (χ3n) is 9.95. The lowest BCUT2D eigenvalue weighted by Gasteiger charge is -2.12. The Morgan fingerprint density at radius 1 is 0.417 bits per heavy atom. The van der Waals surface area contributed by atoms with Gasteiger partial charge in [-0.15, -0.1) is 0 Å². The zero-order valence-corrected chi connectivity index (χ0v) is 25.7. The number of rotatable bonds is 2. The van der Waals surface area contributed by atoms with E-state index in [-0.39, 0.29) is 0 Å². The number of para-hydroxylation sites is 1. The number of furan rings is 1. The molecule has 0 aliphatic heterocycles. The van der Waals surface area contributed by atoms with Gasteiger partial charge in [-0.1, -0.05) is 109 Å². The maximum absolute atomic E-state index is 6.49. The van der Waals surface area contributed by atoms with Crippen molar-refractivity contribution >= 4 is 87.0 Å². The molecule has 0 N–H and O–H groups in total. The van der Waals surface area contributed by atoms with Crippen LogP contribution in [0, 0.1) is 0 Å². The first kappa shape index (κ1) is 25.6. The summed E-state index contributed by atoms with van der Waals surface area (Å²) in [4.78, 5) is 10.6. The van der Waals surface area contributed by atoms with E-state index in [1.807, 2.05) is 6.07 Å². The van der Waals surface area contributed by atoms with Crippen LogP contribution in [0.25, 0.3) is 104 Å². The second kappa shape index (κ2) is 9.50. The van der Waals surface area contributed by atoms with E-state index in [1.54, 1.807) is 0 Å². The molecule has 11 aromatic rings. The zero-order chi connectivity index (χ0) is 31.3. The Hall–Kier alpha value is -6.52. The number of fused-ring (bicyclic) bond motifs is 12. The minimum atomic E-state index is 0.644. The highest BCUT2D eigenvalue weighted by Crippen LogP contribution is 2.41. The van der Waals surface area contributed by atoms with Crippen LogP contribution in [0.4, 0.5) is 0 Å². The van der Waals surface area contributed by atoms with Gasteiger partial charge in [0.25, 0.3) is 0 Å². The molecule has 0 aliphatic rings. The van der Waals surface area contributed by atoms with Gasteiger partial charge >= 0.3 is 0 Å². The van der Waals surface area contributed by atoms with Gasteiger partial charge in [0.15, 0.2) is 0 Å². The molecule has 0 atom stereocenters. The summed E-state index contributed by atoms with van der Waals surface area (Å²) >= 11 is 0. The van der Waals surface area contributed by atoms with Gasteiger partial charge in [0.1, 0.15) is 11.2 Å². The van der Waals surface area contributed by atoms with Crippen molar-refractivity contribution in [2.45, 2.75) is 0 Å². The smallest absolute Gasteiger partial charge is 0.235 e. The summed E-state index contributed by atoms with van der Waals surface area (Å²) in [5, 5.41) is 12.9. The predicted molar refractivity (Wildman–Crippen MR) is 199 cm³/mol. The van der Waals surface area contributed by atoms with E-state index in [0.29, 0.717) is 5.95 Å². The first-order valence-corrected chi connectivity index (χ1v) is 16.2. The predicted octanol–water partition coefficient (Wildman–Crippen LogP) is 11.8. The highest BCUT2D eigenvalue weighted by molar-refractivity contribution is 6.28. The van der Waals surface area contributed by atoms with Gasteiger partial charge in [0.05, 0.1) is 22.2 Å². The van der Waals surface area contributed by atoms with Gasteiger partial charge in [-0.25, -0.2) is 9.97 Å². The third-order valence-corrected chi connectivity index (χ3v) is 9.95. The summed E-state index contributed by atoms with van der Waals surface area (Å²) in [5.74, 6) is 0.644. The van der Waals surface area contributed by atoms with Crippen molar-refractivity contribution in [1.29, 1.82) is 0 Å². The molecule has 0 bridgehead atoms. The van der Waals surface area contributed by atoms with Crippen LogP contribution in [-0.4, -0.2) is 14.5 Å². The zero-order valence-electron chi connectivity index (χ0n) is 25.7. The molecule has 11 rings (SSSR count). The first-order valence-electron chi connectivity index (χ1n) is 16.2. The molecule has 4 nitrogen and oxygen atoms in total. The Morgan fingerprint density at radius 2 is 1.00 bits per heavy atom. The number of hydrogen-bond acceptors (Lipinski definition) is 3. The van der Waals surface area contributed by atoms with E-state index >= 15 is 0 Å². The van der Waals surface area contributed by atoms with Crippen molar-refractivity contribution in [3.8, 4) is 17.2 Å². The van der Waals surface area contributed by atoms with Crippen molar-refractivity contribution in [1.82, 2.24) is 14.5 Å². The minimum absolute atomic E-state index is 0.644. The summed E-state index contributed by atoms with van der Waals surface area (Å²) in [5.41, 5.74) is 6.66. The molecular weight excluding hydrogens is 587 g/mol. The second-order valence-electron chi connectivity index (χ2n) is 12.6. The number of benzene rings is 8. The van der Waals surface area contributed by atoms with E-state index in [1.165, 1.54) is 43.1 Å². The third kappa shape index (κ3) is 3.54. The Labute approximate surface area is 274 Å². The van der Waals surface area contributed by atoms with Gasteiger partial charge in [-0.3, -0.25) is 4.57 Å². The topological polar surface area (TPSA) is 43.9 Å². The highest BCUT2D eigenvalue weighted by atomic mass is 16.3. The number of hydrogen-bond donors (Lipinski definition) is 0. The quantitative estimate of drug-likeness (QED) is 0.195. The van der Waals surface area contributed by atoms with Crippen LogP contribution in [0.15, 0.2) is 156 Å². The average molecular weight is 612 g/mol. The van der Waals surface area contributed by atoms with Crippen molar-refractivity contribution in [3.05, 3.63) is 152 Å². The standard InChI is InChI=1S/C44H25N3O/c1-2-12-29-24-40-35(23-28(29)11-1)33-20-17-30(25-39(33)48-40)43-34-15-7-8-16-36(34)45-44(46-43)47-37-21-18-26-9-3-5-13-31(26)41(37)42-32-14-6-4-10-27(32)19-22-38(42)47/h1-25H. The minimum Gasteiger partial charge on any atom is -0.456 e.